The van der Waals surface area contributed by atoms with Crippen molar-refractivity contribution in [2.45, 2.75) is 30.6 Å². The first-order chi connectivity index (χ1) is 7.92. The highest BCUT2D eigenvalue weighted by molar-refractivity contribution is 7.92. The van der Waals surface area contributed by atoms with Gasteiger partial charge in [0.1, 0.15) is 10.3 Å². The Labute approximate surface area is 106 Å². The molecule has 0 bridgehead atoms. The minimum Gasteiger partial charge on any atom is -0.480 e. The average molecular weight is 278 g/mol. The third kappa shape index (κ3) is 2.35. The van der Waals surface area contributed by atoms with Crippen LogP contribution in [0.5, 0.6) is 0 Å². The molecule has 1 atom stereocenters. The molecule has 0 saturated carbocycles. The van der Waals surface area contributed by atoms with Crippen LogP contribution in [0.15, 0.2) is 0 Å². The van der Waals surface area contributed by atoms with Crippen LogP contribution in [0.25, 0.3) is 0 Å². The van der Waals surface area contributed by atoms with Crippen LogP contribution in [0, 0.1) is 0 Å². The van der Waals surface area contributed by atoms with Gasteiger partial charge >= 0.3 is 5.97 Å². The molecule has 1 saturated heterocycles. The van der Waals surface area contributed by atoms with E-state index in [4.69, 9.17) is 10.8 Å². The van der Waals surface area contributed by atoms with Gasteiger partial charge in [0.05, 0.1) is 0 Å². The fourth-order valence-corrected chi connectivity index (χ4v) is 2.17. The Balaban J connectivity index is 2.94. The van der Waals surface area contributed by atoms with Gasteiger partial charge in [-0.25, -0.2) is 8.42 Å². The van der Waals surface area contributed by atoms with Crippen molar-refractivity contribution >= 4 is 21.7 Å². The number of amides is 1. The predicted molar refractivity (Wildman–Crippen MR) is 64.7 cm³/mol. The number of nitrogens with zero attached hydrogens (tertiary/aromatic N) is 1. The number of nitrogens with two attached hydrogens (primary N) is 1. The number of carboxylic acids is 1. The molecular weight excluding hydrogens is 260 g/mol. The minimum atomic E-state index is -3.58. The monoisotopic (exact) mass is 278 g/mol. The van der Waals surface area contributed by atoms with Gasteiger partial charge in [-0.15, -0.1) is 0 Å². The number of hydrogen-bond donors (Lipinski definition) is 2. The van der Waals surface area contributed by atoms with Crippen LogP contribution in [0.4, 0.5) is 0 Å². The number of carbonyl (C=O) groups excluding carboxylic acids is 1. The maximum Gasteiger partial charge on any atom is 0.325 e. The second-order valence-electron chi connectivity index (χ2n) is 5.22. The topological polar surface area (TPSA) is 118 Å². The fourth-order valence-electron chi connectivity index (χ4n) is 1.72. The van der Waals surface area contributed by atoms with E-state index in [9.17, 15) is 18.0 Å². The van der Waals surface area contributed by atoms with E-state index >= 15 is 0 Å². The molecule has 18 heavy (non-hydrogen) atoms. The summed E-state index contributed by atoms with van der Waals surface area (Å²) in [5, 5.41) is 8.95. The van der Waals surface area contributed by atoms with Crippen molar-refractivity contribution < 1.29 is 23.1 Å². The van der Waals surface area contributed by atoms with Crippen LogP contribution in [0.3, 0.4) is 0 Å². The summed E-state index contributed by atoms with van der Waals surface area (Å²) in [5.41, 5.74) is 4.16. The Hall–Kier alpha value is -1.15. The van der Waals surface area contributed by atoms with E-state index in [0.717, 1.165) is 6.26 Å². The van der Waals surface area contributed by atoms with E-state index in [-0.39, 0.29) is 19.5 Å². The van der Waals surface area contributed by atoms with Crippen molar-refractivity contribution in [3.05, 3.63) is 0 Å². The number of carbonyl (C=O) groups is 2. The van der Waals surface area contributed by atoms with Gasteiger partial charge in [-0.2, -0.15) is 0 Å². The molecule has 3 N–H and O–H groups in total. The van der Waals surface area contributed by atoms with E-state index in [0.29, 0.717) is 0 Å². The van der Waals surface area contributed by atoms with E-state index in [1.807, 2.05) is 0 Å². The quantitative estimate of drug-likeness (QED) is 0.671. The number of sulfone groups is 1. The highest BCUT2D eigenvalue weighted by atomic mass is 32.2. The largest absolute Gasteiger partial charge is 0.480 e. The summed E-state index contributed by atoms with van der Waals surface area (Å²) >= 11 is 0. The Bertz CT molecular complexity index is 484. The third-order valence-corrected chi connectivity index (χ3v) is 5.48. The molecule has 0 spiro atoms. The van der Waals surface area contributed by atoms with Gasteiger partial charge in [-0.1, -0.05) is 0 Å². The van der Waals surface area contributed by atoms with Gasteiger partial charge in [-0.3, -0.25) is 9.59 Å². The van der Waals surface area contributed by atoms with E-state index in [2.05, 4.69) is 0 Å². The lowest BCUT2D eigenvalue weighted by Gasteiger charge is -2.28. The highest BCUT2D eigenvalue weighted by Gasteiger charge is 2.48. The van der Waals surface area contributed by atoms with Crippen molar-refractivity contribution in [2.75, 3.05) is 19.3 Å². The fraction of sp³-hybridized carbons (Fsp3) is 0.800. The number of likely N-dealkylation sites (tertiary alicyclic amines) is 1. The SMILES string of the molecule is CC(C)(C(=O)N1CCC(N)(C(=O)O)C1)S(C)(=O)=O. The first-order valence-corrected chi connectivity index (χ1v) is 7.32. The van der Waals surface area contributed by atoms with Gasteiger partial charge in [0.25, 0.3) is 0 Å². The summed E-state index contributed by atoms with van der Waals surface area (Å²) in [5.74, 6) is -1.80. The molecule has 1 rings (SSSR count). The number of rotatable bonds is 3. The maximum absolute atomic E-state index is 12.1. The lowest BCUT2D eigenvalue weighted by atomic mass is 10.0. The summed E-state index contributed by atoms with van der Waals surface area (Å²) in [6.07, 6.45) is 1.10. The molecule has 0 aromatic heterocycles. The van der Waals surface area contributed by atoms with Crippen molar-refractivity contribution in [3.63, 3.8) is 0 Å². The molecule has 1 fully saturated rings. The van der Waals surface area contributed by atoms with Gasteiger partial charge in [0.15, 0.2) is 9.84 Å². The summed E-state index contributed by atoms with van der Waals surface area (Å²) in [7, 11) is -3.58. The van der Waals surface area contributed by atoms with Crippen LogP contribution in [0.1, 0.15) is 20.3 Å². The number of carboxylic acid groups (broad SMARTS) is 1. The van der Waals surface area contributed by atoms with Crippen LogP contribution in [0.2, 0.25) is 0 Å². The third-order valence-electron chi connectivity index (χ3n) is 3.46. The molecule has 1 heterocycles. The predicted octanol–water partition coefficient (Wildman–Crippen LogP) is -1.18. The first kappa shape index (κ1) is 14.9. The first-order valence-electron chi connectivity index (χ1n) is 5.43. The molecule has 7 nitrogen and oxygen atoms in total. The molecule has 1 aliphatic heterocycles. The second kappa shape index (κ2) is 4.20. The molecule has 1 aliphatic rings. The molecular formula is C10H18N2O5S. The summed E-state index contributed by atoms with van der Waals surface area (Å²) in [4.78, 5) is 24.3. The smallest absolute Gasteiger partial charge is 0.325 e. The van der Waals surface area contributed by atoms with Gasteiger partial charge < -0.3 is 15.7 Å². The zero-order valence-corrected chi connectivity index (χ0v) is 11.5. The van der Waals surface area contributed by atoms with Crippen LogP contribution in [-0.2, 0) is 19.4 Å². The minimum absolute atomic E-state index is 0.119. The average Bonchev–Trinajstić information content (AvgIpc) is 2.59. The number of hydrogen-bond acceptors (Lipinski definition) is 5. The summed E-state index contributed by atoms with van der Waals surface area (Å²) in [6, 6.07) is 0. The summed E-state index contributed by atoms with van der Waals surface area (Å²) in [6.45, 7) is 2.60. The molecule has 1 amide bonds. The maximum atomic E-state index is 12.1. The number of aliphatic carboxylic acids is 1. The Morgan fingerprint density at radius 3 is 2.22 bits per heavy atom. The van der Waals surface area contributed by atoms with Gasteiger partial charge in [-0.05, 0) is 20.3 Å². The molecule has 1 unspecified atom stereocenters. The standard InChI is InChI=1S/C10H18N2O5S/c1-9(2,18(3,16)17)7(13)12-5-4-10(11,6-12)8(14)15/h4-6,11H2,1-3H3,(H,14,15). The Morgan fingerprint density at radius 2 is 1.89 bits per heavy atom. The summed E-state index contributed by atoms with van der Waals surface area (Å²) < 4.78 is 21.5. The molecule has 0 aromatic rings. The van der Waals surface area contributed by atoms with Crippen molar-refractivity contribution in [3.8, 4) is 0 Å². The molecule has 8 heteroatoms. The Morgan fingerprint density at radius 1 is 1.39 bits per heavy atom. The van der Waals surface area contributed by atoms with Gasteiger partial charge in [0, 0.05) is 19.3 Å². The highest BCUT2D eigenvalue weighted by Crippen LogP contribution is 2.25. The second-order valence-corrected chi connectivity index (χ2v) is 7.79. The van der Waals surface area contributed by atoms with Crippen molar-refractivity contribution in [1.29, 1.82) is 0 Å². The van der Waals surface area contributed by atoms with E-state index in [1.54, 1.807) is 0 Å². The molecule has 0 aliphatic carbocycles. The normalized spacial score (nSPS) is 25.2. The van der Waals surface area contributed by atoms with Crippen molar-refractivity contribution in [1.82, 2.24) is 4.90 Å². The molecule has 0 radical (unpaired) electrons. The van der Waals surface area contributed by atoms with Crippen molar-refractivity contribution in [2.24, 2.45) is 5.73 Å². The van der Waals surface area contributed by atoms with E-state index in [1.165, 1.54) is 18.7 Å². The van der Waals surface area contributed by atoms with Crippen LogP contribution >= 0.6 is 0 Å². The molecule has 0 aromatic carbocycles. The Kier molecular flexibility index (Phi) is 3.48. The zero-order chi connectivity index (χ0) is 14.4. The lowest BCUT2D eigenvalue weighted by molar-refractivity contribution is -0.143. The zero-order valence-electron chi connectivity index (χ0n) is 10.6. The lowest BCUT2D eigenvalue weighted by Crippen LogP contribution is -2.54. The molecule has 104 valence electrons. The van der Waals surface area contributed by atoms with E-state index < -0.39 is 32.0 Å². The van der Waals surface area contributed by atoms with Crippen LogP contribution in [-0.4, -0.2) is 59.9 Å². The van der Waals surface area contributed by atoms with Crippen LogP contribution < -0.4 is 5.73 Å². The van der Waals surface area contributed by atoms with Gasteiger partial charge in [0.2, 0.25) is 5.91 Å².